The molecule has 51 heavy (non-hydrogen) atoms. The van der Waals surface area contributed by atoms with Crippen molar-refractivity contribution in [3.63, 3.8) is 0 Å². The van der Waals surface area contributed by atoms with Crippen molar-refractivity contribution in [2.24, 2.45) is 0 Å². The Bertz CT molecular complexity index is 937. The summed E-state index contributed by atoms with van der Waals surface area (Å²) in [7, 11) is 5.39. The Balaban J connectivity index is 4.41. The zero-order valence-electron chi connectivity index (χ0n) is 33.5. The van der Waals surface area contributed by atoms with Crippen LogP contribution in [-0.4, -0.2) is 75.5 Å². The molecule has 0 saturated heterocycles. The Labute approximate surface area is 313 Å². The first-order chi connectivity index (χ1) is 24.6. The average Bonchev–Trinajstić information content (AvgIpc) is 3.08. The van der Waals surface area contributed by atoms with Gasteiger partial charge in [0.05, 0.1) is 40.3 Å². The van der Waals surface area contributed by atoms with Gasteiger partial charge in [-0.1, -0.05) is 140 Å². The zero-order valence-corrected chi connectivity index (χ0v) is 33.5. The number of likely N-dealkylation sites (N-methyl/N-ethyl adjacent to an activating group) is 1. The maximum Gasteiger partial charge on any atom is 0.306 e. The van der Waals surface area contributed by atoms with Gasteiger partial charge in [0.1, 0.15) is 12.6 Å². The largest absolute Gasteiger partial charge is 0.544 e. The third-order valence-electron chi connectivity index (χ3n) is 9.04. The van der Waals surface area contributed by atoms with Crippen molar-refractivity contribution in [1.82, 2.24) is 0 Å². The first-order valence-corrected chi connectivity index (χ1v) is 20.5. The van der Waals surface area contributed by atoms with Crippen molar-refractivity contribution in [3.05, 3.63) is 36.5 Å². The summed E-state index contributed by atoms with van der Waals surface area (Å²) < 4.78 is 17.1. The van der Waals surface area contributed by atoms with Crippen molar-refractivity contribution in [2.45, 2.75) is 180 Å². The van der Waals surface area contributed by atoms with Crippen LogP contribution in [0.15, 0.2) is 36.5 Å². The van der Waals surface area contributed by atoms with Gasteiger partial charge in [-0.2, -0.15) is 0 Å². The number of hydrogen-bond donors (Lipinski definition) is 0. The van der Waals surface area contributed by atoms with Crippen LogP contribution in [0.25, 0.3) is 0 Å². The maximum absolute atomic E-state index is 12.7. The van der Waals surface area contributed by atoms with E-state index in [0.717, 1.165) is 70.6 Å². The van der Waals surface area contributed by atoms with E-state index in [2.05, 4.69) is 50.3 Å². The molecule has 0 spiro atoms. The number of carbonyl (C=O) groups is 3. The van der Waals surface area contributed by atoms with E-state index in [4.69, 9.17) is 14.2 Å². The summed E-state index contributed by atoms with van der Waals surface area (Å²) in [6.07, 6.45) is 37.3. The highest BCUT2D eigenvalue weighted by Gasteiger charge is 2.25. The summed E-state index contributed by atoms with van der Waals surface area (Å²) in [5, 5.41) is 11.6. The van der Waals surface area contributed by atoms with E-state index >= 15 is 0 Å². The molecule has 0 amide bonds. The van der Waals surface area contributed by atoms with Gasteiger partial charge in [0.25, 0.3) is 0 Å². The summed E-state index contributed by atoms with van der Waals surface area (Å²) in [6, 6.07) is -0.726. The van der Waals surface area contributed by atoms with Crippen molar-refractivity contribution in [2.75, 3.05) is 41.0 Å². The molecule has 0 N–H and O–H groups in total. The molecule has 0 aliphatic heterocycles. The number of carboxylic acid groups (broad SMARTS) is 1. The predicted molar refractivity (Wildman–Crippen MR) is 208 cm³/mol. The van der Waals surface area contributed by atoms with Gasteiger partial charge in [-0.3, -0.25) is 9.59 Å². The number of aliphatic carboxylic acids is 1. The van der Waals surface area contributed by atoms with E-state index in [1.807, 2.05) is 0 Å². The van der Waals surface area contributed by atoms with Crippen LogP contribution in [0.5, 0.6) is 0 Å². The number of esters is 2. The molecule has 8 heteroatoms. The van der Waals surface area contributed by atoms with Crippen LogP contribution in [0.2, 0.25) is 0 Å². The lowest BCUT2D eigenvalue weighted by Crippen LogP contribution is -2.55. The van der Waals surface area contributed by atoms with Crippen LogP contribution in [0.4, 0.5) is 0 Å². The van der Waals surface area contributed by atoms with Crippen molar-refractivity contribution < 1.29 is 38.2 Å². The lowest BCUT2D eigenvalue weighted by molar-refractivity contribution is -0.889. The van der Waals surface area contributed by atoms with Gasteiger partial charge >= 0.3 is 11.9 Å². The van der Waals surface area contributed by atoms with E-state index in [1.165, 1.54) is 64.2 Å². The Morgan fingerprint density at radius 1 is 0.608 bits per heavy atom. The SMILES string of the molecule is CC/C=C/C/C=C/C/C=C/CCCCCCC(=O)OCC(COCCC(C(=O)[O-])[N+](C)(C)C)OC(=O)CCCCCCCCCCCCCCC. The molecule has 0 aromatic carbocycles. The minimum atomic E-state index is -1.13. The third-order valence-corrected chi connectivity index (χ3v) is 9.04. The summed E-state index contributed by atoms with van der Waals surface area (Å²) in [6.45, 7) is 4.52. The molecule has 0 aliphatic rings. The molecule has 0 aliphatic carbocycles. The van der Waals surface area contributed by atoms with E-state index in [1.54, 1.807) is 21.1 Å². The summed E-state index contributed by atoms with van der Waals surface area (Å²) in [5.41, 5.74) is 0. The molecule has 8 nitrogen and oxygen atoms in total. The molecule has 0 rings (SSSR count). The van der Waals surface area contributed by atoms with Crippen LogP contribution in [0.3, 0.4) is 0 Å². The van der Waals surface area contributed by atoms with Crippen molar-refractivity contribution >= 4 is 17.9 Å². The normalized spacial score (nSPS) is 13.4. The summed E-state index contributed by atoms with van der Waals surface area (Å²) >= 11 is 0. The minimum Gasteiger partial charge on any atom is -0.544 e. The van der Waals surface area contributed by atoms with E-state index in [0.29, 0.717) is 12.8 Å². The smallest absolute Gasteiger partial charge is 0.306 e. The molecule has 0 aromatic heterocycles. The van der Waals surface area contributed by atoms with Gasteiger partial charge in [0.2, 0.25) is 0 Å². The fourth-order valence-electron chi connectivity index (χ4n) is 5.85. The highest BCUT2D eigenvalue weighted by Crippen LogP contribution is 2.14. The molecular formula is C43H77NO7. The fraction of sp³-hybridized carbons (Fsp3) is 0.791. The summed E-state index contributed by atoms with van der Waals surface area (Å²) in [4.78, 5) is 36.7. The van der Waals surface area contributed by atoms with Crippen LogP contribution >= 0.6 is 0 Å². The highest BCUT2D eigenvalue weighted by atomic mass is 16.6. The molecule has 0 saturated carbocycles. The Kier molecular flexibility index (Phi) is 33.0. The maximum atomic E-state index is 12.7. The molecule has 0 fully saturated rings. The monoisotopic (exact) mass is 720 g/mol. The van der Waals surface area contributed by atoms with Gasteiger partial charge in [0, 0.05) is 19.3 Å². The van der Waals surface area contributed by atoms with E-state index < -0.39 is 18.1 Å². The number of hydrogen-bond acceptors (Lipinski definition) is 7. The highest BCUT2D eigenvalue weighted by molar-refractivity contribution is 5.70. The topological polar surface area (TPSA) is 102 Å². The molecule has 2 unspecified atom stereocenters. The number of ether oxygens (including phenoxy) is 3. The second-order valence-corrected chi connectivity index (χ2v) is 14.8. The van der Waals surface area contributed by atoms with E-state index in [9.17, 15) is 19.5 Å². The molecule has 296 valence electrons. The van der Waals surface area contributed by atoms with Crippen LogP contribution in [-0.2, 0) is 28.6 Å². The number of nitrogens with zero attached hydrogens (tertiary/aromatic N) is 1. The first-order valence-electron chi connectivity index (χ1n) is 20.5. The van der Waals surface area contributed by atoms with Gasteiger partial charge in [-0.05, 0) is 44.9 Å². The second kappa shape index (κ2) is 34.6. The average molecular weight is 720 g/mol. The number of allylic oxidation sites excluding steroid dienone is 6. The molecule has 0 heterocycles. The Hall–Kier alpha value is -2.45. The molecule has 0 bridgehead atoms. The molecule has 2 atom stereocenters. The number of unbranched alkanes of at least 4 members (excludes halogenated alkanes) is 16. The van der Waals surface area contributed by atoms with Crippen LogP contribution in [0.1, 0.15) is 168 Å². The summed E-state index contributed by atoms with van der Waals surface area (Å²) in [5.74, 6) is -1.76. The van der Waals surface area contributed by atoms with Crippen molar-refractivity contribution in [3.8, 4) is 0 Å². The number of carbonyl (C=O) groups excluding carboxylic acids is 3. The number of rotatable bonds is 36. The fourth-order valence-corrected chi connectivity index (χ4v) is 5.85. The molecule has 0 radical (unpaired) electrons. The van der Waals surface area contributed by atoms with Gasteiger partial charge < -0.3 is 28.6 Å². The lowest BCUT2D eigenvalue weighted by atomic mass is 10.0. The molecular weight excluding hydrogens is 642 g/mol. The third kappa shape index (κ3) is 33.2. The molecule has 0 aromatic rings. The van der Waals surface area contributed by atoms with Gasteiger partial charge in [-0.25, -0.2) is 0 Å². The standard InChI is InChI=1S/C43H77NO7/c1-6-8-10-12-14-16-18-20-22-23-25-27-29-31-33-41(45)50-38-39(37-49-36-35-40(43(47)48)44(3,4)5)51-42(46)34-32-30-28-26-24-21-19-17-15-13-11-9-7-2/h8,10,14,16,20,22,39-40H,6-7,9,11-13,15,17-19,21,23-38H2,1-5H3/b10-8+,16-14+,22-20+. The lowest BCUT2D eigenvalue weighted by Gasteiger charge is -2.34. The minimum absolute atomic E-state index is 0.0355. The quantitative estimate of drug-likeness (QED) is 0.0275. The van der Waals surface area contributed by atoms with Gasteiger partial charge in [0.15, 0.2) is 6.10 Å². The second-order valence-electron chi connectivity index (χ2n) is 14.8. The van der Waals surface area contributed by atoms with Gasteiger partial charge in [-0.15, -0.1) is 0 Å². The van der Waals surface area contributed by atoms with Crippen LogP contribution in [0, 0.1) is 0 Å². The number of quaternary nitrogens is 1. The first kappa shape index (κ1) is 48.5. The zero-order chi connectivity index (χ0) is 37.8. The number of carboxylic acids is 1. The van der Waals surface area contributed by atoms with E-state index in [-0.39, 0.29) is 42.7 Å². The van der Waals surface area contributed by atoms with Crippen LogP contribution < -0.4 is 5.11 Å². The Morgan fingerprint density at radius 3 is 1.63 bits per heavy atom. The Morgan fingerprint density at radius 2 is 1.10 bits per heavy atom. The predicted octanol–water partition coefficient (Wildman–Crippen LogP) is 9.35. The van der Waals surface area contributed by atoms with Crippen molar-refractivity contribution in [1.29, 1.82) is 0 Å².